The smallest absolute Gasteiger partial charge is 0.0423 e. The minimum Gasteiger partial charge on any atom is -0.383 e. The van der Waals surface area contributed by atoms with Gasteiger partial charge in [-0.05, 0) is 94.4 Å². The van der Waals surface area contributed by atoms with Gasteiger partial charge in [-0.25, -0.2) is 0 Å². The van der Waals surface area contributed by atoms with Crippen LogP contribution in [0.5, 0.6) is 0 Å². The Balaban J connectivity index is 0.000000667. The van der Waals surface area contributed by atoms with Crippen LogP contribution in [0.1, 0.15) is 123 Å². The number of nitrogens with zero attached hydrogens (tertiary/aromatic N) is 1. The molecule has 3 nitrogen and oxygen atoms in total. The predicted octanol–water partition coefficient (Wildman–Crippen LogP) is 10.1. The van der Waals surface area contributed by atoms with E-state index < -0.39 is 0 Å². The molecule has 226 valence electrons. The number of nitrogens with one attached hydrogen (secondary N) is 2. The van der Waals surface area contributed by atoms with Crippen molar-refractivity contribution >= 4 is 5.71 Å². The first-order valence-electron chi connectivity index (χ1n) is 16.0. The Labute approximate surface area is 249 Å². The summed E-state index contributed by atoms with van der Waals surface area (Å²) in [6.07, 6.45) is 16.5. The van der Waals surface area contributed by atoms with Gasteiger partial charge >= 0.3 is 0 Å². The summed E-state index contributed by atoms with van der Waals surface area (Å²) < 4.78 is 0. The molecule has 0 amide bonds. The summed E-state index contributed by atoms with van der Waals surface area (Å²) in [5.74, 6) is 0. The van der Waals surface area contributed by atoms with Crippen molar-refractivity contribution in [3.05, 3.63) is 82.6 Å². The Morgan fingerprint density at radius 2 is 1.70 bits per heavy atom. The van der Waals surface area contributed by atoms with Gasteiger partial charge in [-0.15, -0.1) is 13.2 Å². The number of hydrogen-bond donors (Lipinski definition) is 2. The summed E-state index contributed by atoms with van der Waals surface area (Å²) in [4.78, 5) is 4.52. The maximum absolute atomic E-state index is 4.52. The molecule has 0 aromatic heterocycles. The molecular weight excluding hydrogens is 486 g/mol. The number of hydrogen-bond acceptors (Lipinski definition) is 3. The van der Waals surface area contributed by atoms with Crippen molar-refractivity contribution in [3.63, 3.8) is 0 Å². The Morgan fingerprint density at radius 1 is 1.00 bits per heavy atom. The molecule has 0 saturated heterocycles. The van der Waals surface area contributed by atoms with Crippen molar-refractivity contribution in [1.29, 1.82) is 0 Å². The lowest BCUT2D eigenvalue weighted by molar-refractivity contribution is 0.663. The third-order valence-corrected chi connectivity index (χ3v) is 6.97. The van der Waals surface area contributed by atoms with Crippen LogP contribution >= 0.6 is 0 Å². The monoisotopic (exact) mass is 550 g/mol. The lowest BCUT2D eigenvalue weighted by Gasteiger charge is -2.20. The molecule has 1 aliphatic carbocycles. The molecule has 0 atom stereocenters. The van der Waals surface area contributed by atoms with Crippen LogP contribution in [0.3, 0.4) is 0 Å². The number of aryl methyl sites for hydroxylation is 2. The molecule has 3 rings (SSSR count). The Morgan fingerprint density at radius 3 is 2.23 bits per heavy atom. The van der Waals surface area contributed by atoms with Crippen LogP contribution in [0, 0.1) is 0 Å². The van der Waals surface area contributed by atoms with Gasteiger partial charge in [0, 0.05) is 37.6 Å². The van der Waals surface area contributed by atoms with Gasteiger partial charge in [0.1, 0.15) is 0 Å². The second kappa shape index (κ2) is 24.4. The van der Waals surface area contributed by atoms with E-state index in [4.69, 9.17) is 0 Å². The second-order valence-corrected chi connectivity index (χ2v) is 10.7. The van der Waals surface area contributed by atoms with Crippen LogP contribution in [-0.4, -0.2) is 25.3 Å². The van der Waals surface area contributed by atoms with Gasteiger partial charge in [-0.3, -0.25) is 4.99 Å². The predicted molar refractivity (Wildman–Crippen MR) is 183 cm³/mol. The standard InChI is InChI=1S/C19H28N2.C10H17N.C6H12.C2H6/c1-5-16-7-8-18(17(6-2)10-16)12-20-13-19-15(4)9-14(3)11-21-19;1-2-3-9-11-10-7-5-4-6-8-10;1-4-5-6(2)3;1-2/h7-10,20-21H,5-6,11-13H2,1-4H3;2H,1,3-9H2;2,4-5H2,1,3H3;1-2H3. The van der Waals surface area contributed by atoms with E-state index in [1.165, 1.54) is 89.8 Å². The SMILES string of the molecule is C=C(C)CCC.C=CCCN=C1CCCCC1.CC.CCc1ccc(CNCC2=C(C)C=C(C)CN2)c(CC)c1. The number of rotatable bonds is 11. The van der Waals surface area contributed by atoms with Gasteiger partial charge in [-0.2, -0.15) is 0 Å². The summed E-state index contributed by atoms with van der Waals surface area (Å²) in [7, 11) is 0. The summed E-state index contributed by atoms with van der Waals surface area (Å²) in [5.41, 5.74) is 11.1. The van der Waals surface area contributed by atoms with Crippen LogP contribution in [0.2, 0.25) is 0 Å². The average Bonchev–Trinajstić information content (AvgIpc) is 2.96. The zero-order chi connectivity index (χ0) is 30.2. The number of allylic oxidation sites excluding steroid dienone is 3. The molecule has 3 heteroatoms. The Kier molecular flexibility index (Phi) is 23.0. The lowest BCUT2D eigenvalue weighted by Crippen LogP contribution is -2.29. The van der Waals surface area contributed by atoms with E-state index in [-0.39, 0.29) is 0 Å². The highest BCUT2D eigenvalue weighted by Crippen LogP contribution is 2.16. The quantitative estimate of drug-likeness (QED) is 0.213. The third kappa shape index (κ3) is 17.3. The topological polar surface area (TPSA) is 36.4 Å². The second-order valence-electron chi connectivity index (χ2n) is 10.7. The fraction of sp³-hybridized carbons (Fsp3) is 0.595. The zero-order valence-electron chi connectivity index (χ0n) is 27.6. The fourth-order valence-electron chi connectivity index (χ4n) is 4.68. The summed E-state index contributed by atoms with van der Waals surface area (Å²) in [6.45, 7) is 28.2. The third-order valence-electron chi connectivity index (χ3n) is 6.97. The van der Waals surface area contributed by atoms with E-state index >= 15 is 0 Å². The van der Waals surface area contributed by atoms with E-state index in [1.807, 2.05) is 19.9 Å². The molecule has 2 N–H and O–H groups in total. The van der Waals surface area contributed by atoms with Crippen LogP contribution in [0.25, 0.3) is 0 Å². The lowest BCUT2D eigenvalue weighted by atomic mass is 9.98. The van der Waals surface area contributed by atoms with Crippen molar-refractivity contribution in [3.8, 4) is 0 Å². The Bertz CT molecular complexity index is 925. The fourth-order valence-corrected chi connectivity index (χ4v) is 4.68. The highest BCUT2D eigenvalue weighted by Gasteiger charge is 2.08. The zero-order valence-corrected chi connectivity index (χ0v) is 27.6. The van der Waals surface area contributed by atoms with E-state index in [9.17, 15) is 0 Å². The van der Waals surface area contributed by atoms with Crippen molar-refractivity contribution in [1.82, 2.24) is 10.6 Å². The molecule has 1 aromatic rings. The first-order valence-corrected chi connectivity index (χ1v) is 16.0. The normalized spacial score (nSPS) is 14.2. The van der Waals surface area contributed by atoms with Crippen LogP contribution < -0.4 is 10.6 Å². The molecule has 0 bridgehead atoms. The van der Waals surface area contributed by atoms with Gasteiger partial charge < -0.3 is 10.6 Å². The molecule has 1 aromatic carbocycles. The van der Waals surface area contributed by atoms with Gasteiger partial charge in [0.25, 0.3) is 0 Å². The van der Waals surface area contributed by atoms with Gasteiger partial charge in [0.15, 0.2) is 0 Å². The molecule has 0 spiro atoms. The number of dihydropyridines is 1. The van der Waals surface area contributed by atoms with E-state index in [2.05, 4.69) is 94.6 Å². The van der Waals surface area contributed by atoms with Crippen molar-refractivity contribution in [2.75, 3.05) is 19.6 Å². The maximum Gasteiger partial charge on any atom is 0.0423 e. The Hall–Kier alpha value is -2.39. The molecular formula is C37H63N3. The van der Waals surface area contributed by atoms with Crippen molar-refractivity contribution < 1.29 is 0 Å². The summed E-state index contributed by atoms with van der Waals surface area (Å²) >= 11 is 0. The van der Waals surface area contributed by atoms with Gasteiger partial charge in [0.05, 0.1) is 0 Å². The largest absolute Gasteiger partial charge is 0.383 e. The van der Waals surface area contributed by atoms with Crippen molar-refractivity contribution in [2.45, 2.75) is 126 Å². The molecule has 0 unspecified atom stereocenters. The first-order chi connectivity index (χ1) is 19.3. The molecule has 1 heterocycles. The average molecular weight is 550 g/mol. The summed E-state index contributed by atoms with van der Waals surface area (Å²) in [5, 5.41) is 7.08. The molecule has 1 saturated carbocycles. The van der Waals surface area contributed by atoms with Gasteiger partial charge in [0.2, 0.25) is 0 Å². The van der Waals surface area contributed by atoms with Gasteiger partial charge in [-0.1, -0.05) is 89.0 Å². The first kappa shape index (κ1) is 37.6. The van der Waals surface area contributed by atoms with Crippen LogP contribution in [0.15, 0.2) is 70.9 Å². The van der Waals surface area contributed by atoms with Crippen LogP contribution in [0.4, 0.5) is 0 Å². The van der Waals surface area contributed by atoms with Crippen molar-refractivity contribution in [2.24, 2.45) is 4.99 Å². The molecule has 1 aliphatic heterocycles. The number of aliphatic imine (C=N–C) groups is 1. The van der Waals surface area contributed by atoms with Crippen LogP contribution in [-0.2, 0) is 19.4 Å². The highest BCUT2D eigenvalue weighted by molar-refractivity contribution is 5.84. The van der Waals surface area contributed by atoms with E-state index in [1.54, 1.807) is 0 Å². The van der Waals surface area contributed by atoms with E-state index in [0.29, 0.717) is 0 Å². The molecule has 2 aliphatic rings. The minimum absolute atomic E-state index is 0.911. The molecule has 40 heavy (non-hydrogen) atoms. The molecule has 1 fully saturated rings. The highest BCUT2D eigenvalue weighted by atomic mass is 15.0. The van der Waals surface area contributed by atoms with E-state index in [0.717, 1.165) is 45.4 Å². The maximum atomic E-state index is 4.52. The molecule has 0 radical (unpaired) electrons. The minimum atomic E-state index is 0.911. The summed E-state index contributed by atoms with van der Waals surface area (Å²) in [6, 6.07) is 6.89. The number of benzene rings is 1.